The Morgan fingerprint density at radius 1 is 1.27 bits per heavy atom. The van der Waals surface area contributed by atoms with E-state index < -0.39 is 11.4 Å². The van der Waals surface area contributed by atoms with E-state index in [1.54, 1.807) is 29.6 Å². The molecule has 0 spiro atoms. The number of aromatic amines is 1. The predicted octanol–water partition coefficient (Wildman–Crippen LogP) is 2.49. The third-order valence-electron chi connectivity index (χ3n) is 3.40. The van der Waals surface area contributed by atoms with Crippen LogP contribution < -0.4 is 11.3 Å². The van der Waals surface area contributed by atoms with Crippen LogP contribution in [-0.2, 0) is 6.54 Å². The van der Waals surface area contributed by atoms with Crippen LogP contribution >= 0.6 is 11.5 Å². The molecule has 0 radical (unpaired) electrons. The molecule has 0 bridgehead atoms. The van der Waals surface area contributed by atoms with Crippen molar-refractivity contribution < 1.29 is 8.78 Å². The molecule has 0 aliphatic heterocycles. The highest BCUT2D eigenvalue weighted by molar-refractivity contribution is 7.03. The molecule has 9 heteroatoms. The molecule has 3 aromatic rings. The molecule has 0 saturated carbocycles. The number of aliphatic imine (C=N–C) groups is 1. The smallest absolute Gasteiger partial charge is 0.287 e. The summed E-state index contributed by atoms with van der Waals surface area (Å²) in [5, 5.41) is 1.76. The number of hydrogen-bond donors (Lipinski definition) is 2. The summed E-state index contributed by atoms with van der Waals surface area (Å²) in [6, 6.07) is 8.02. The second-order valence-electron chi connectivity index (χ2n) is 5.19. The lowest BCUT2D eigenvalue weighted by atomic mass is 10.2. The van der Waals surface area contributed by atoms with E-state index in [-0.39, 0.29) is 23.9 Å². The number of hydrogen-bond acceptors (Lipinski definition) is 6. The fourth-order valence-corrected chi connectivity index (χ4v) is 2.60. The summed E-state index contributed by atoms with van der Waals surface area (Å²) in [7, 11) is 0. The van der Waals surface area contributed by atoms with Crippen LogP contribution in [0.2, 0.25) is 0 Å². The van der Waals surface area contributed by atoms with Crippen LogP contribution in [0, 0.1) is 11.6 Å². The first kappa shape index (κ1) is 17.6. The summed E-state index contributed by atoms with van der Waals surface area (Å²) < 4.78 is 31.0. The predicted molar refractivity (Wildman–Crippen MR) is 95.7 cm³/mol. The van der Waals surface area contributed by atoms with Crippen molar-refractivity contribution in [3.8, 4) is 0 Å². The zero-order valence-corrected chi connectivity index (χ0v) is 14.1. The molecule has 0 atom stereocenters. The highest BCUT2D eigenvalue weighted by Crippen LogP contribution is 2.12. The lowest BCUT2D eigenvalue weighted by molar-refractivity contribution is 0.599. The van der Waals surface area contributed by atoms with Crippen LogP contribution in [0.15, 0.2) is 57.8 Å². The van der Waals surface area contributed by atoms with Crippen LogP contribution in [0.25, 0.3) is 5.70 Å². The molecule has 0 saturated heterocycles. The van der Waals surface area contributed by atoms with Crippen LogP contribution in [0.1, 0.15) is 17.1 Å². The Morgan fingerprint density at radius 2 is 2.08 bits per heavy atom. The van der Waals surface area contributed by atoms with E-state index in [4.69, 9.17) is 5.73 Å². The number of rotatable bonds is 5. The van der Waals surface area contributed by atoms with Gasteiger partial charge in [-0.3, -0.25) is 9.79 Å². The molecule has 0 aliphatic carbocycles. The lowest BCUT2D eigenvalue weighted by Crippen LogP contribution is -2.17. The Bertz CT molecular complexity index is 1030. The molecule has 26 heavy (non-hydrogen) atoms. The first-order valence-corrected chi connectivity index (χ1v) is 8.29. The highest BCUT2D eigenvalue weighted by Gasteiger charge is 2.09. The van der Waals surface area contributed by atoms with Gasteiger partial charge in [-0.25, -0.2) is 9.37 Å². The number of aromatic nitrogens is 3. The molecule has 1 aromatic carbocycles. The van der Waals surface area contributed by atoms with Crippen molar-refractivity contribution in [2.75, 3.05) is 0 Å². The zero-order chi connectivity index (χ0) is 18.5. The van der Waals surface area contributed by atoms with Gasteiger partial charge in [-0.05, 0) is 29.7 Å². The van der Waals surface area contributed by atoms with E-state index >= 15 is 0 Å². The molecule has 0 fully saturated rings. The van der Waals surface area contributed by atoms with Gasteiger partial charge in [0, 0.05) is 10.9 Å². The van der Waals surface area contributed by atoms with Crippen LogP contribution in [0.4, 0.5) is 8.78 Å². The summed E-state index contributed by atoms with van der Waals surface area (Å²) in [5.41, 5.74) is 6.44. The van der Waals surface area contributed by atoms with Gasteiger partial charge in [0.1, 0.15) is 11.5 Å². The van der Waals surface area contributed by atoms with Gasteiger partial charge in [-0.2, -0.15) is 8.76 Å². The highest BCUT2D eigenvalue weighted by atomic mass is 32.1. The van der Waals surface area contributed by atoms with E-state index in [1.165, 1.54) is 23.7 Å². The molecule has 0 amide bonds. The maximum atomic E-state index is 13.8. The van der Waals surface area contributed by atoms with Gasteiger partial charge >= 0.3 is 0 Å². The molecule has 6 nitrogen and oxygen atoms in total. The molecular weight excluding hydrogens is 360 g/mol. The minimum absolute atomic E-state index is 0.00483. The van der Waals surface area contributed by atoms with Crippen molar-refractivity contribution in [1.29, 1.82) is 0 Å². The number of halogens is 2. The maximum absolute atomic E-state index is 13.8. The van der Waals surface area contributed by atoms with Gasteiger partial charge < -0.3 is 10.7 Å². The molecule has 2 aromatic heterocycles. The number of nitrogens with zero attached hydrogens (tertiary/aromatic N) is 3. The summed E-state index contributed by atoms with van der Waals surface area (Å²) in [5.74, 6) is -1.37. The number of benzene rings is 1. The van der Waals surface area contributed by atoms with Gasteiger partial charge in [-0.1, -0.05) is 18.2 Å². The van der Waals surface area contributed by atoms with Crippen molar-refractivity contribution in [2.45, 2.75) is 6.54 Å². The number of H-pyrrole nitrogens is 1. The number of nitrogens with one attached hydrogen (secondary N) is 1. The molecular formula is C17H13F2N5OS. The van der Waals surface area contributed by atoms with Crippen molar-refractivity contribution >= 4 is 22.9 Å². The van der Waals surface area contributed by atoms with Crippen molar-refractivity contribution in [2.24, 2.45) is 10.7 Å². The SMILES string of the molecule is NC(=CC(=NCc1ccccc1F)c1ccsn1)c1ncc(F)c(=O)[nH]1. The summed E-state index contributed by atoms with van der Waals surface area (Å²) in [4.78, 5) is 21.7. The average molecular weight is 373 g/mol. The van der Waals surface area contributed by atoms with Crippen LogP contribution in [-0.4, -0.2) is 20.1 Å². The summed E-state index contributed by atoms with van der Waals surface area (Å²) >= 11 is 1.22. The molecule has 0 unspecified atom stereocenters. The van der Waals surface area contributed by atoms with Crippen LogP contribution in [0.5, 0.6) is 0 Å². The fraction of sp³-hybridized carbons (Fsp3) is 0.0588. The van der Waals surface area contributed by atoms with E-state index in [9.17, 15) is 13.6 Å². The Labute approximate surface area is 150 Å². The second-order valence-corrected chi connectivity index (χ2v) is 5.85. The number of nitrogens with two attached hydrogens (primary N) is 1. The number of allylic oxidation sites excluding steroid dienone is 1. The average Bonchev–Trinajstić information content (AvgIpc) is 3.16. The fourth-order valence-electron chi connectivity index (χ4n) is 2.08. The lowest BCUT2D eigenvalue weighted by Gasteiger charge is -2.04. The van der Waals surface area contributed by atoms with Gasteiger partial charge in [0.2, 0.25) is 5.82 Å². The molecule has 3 N–H and O–H groups in total. The third-order valence-corrected chi connectivity index (χ3v) is 3.96. The largest absolute Gasteiger partial charge is 0.396 e. The standard InChI is InChI=1S/C17H13F2N5OS/c18-11-4-2-1-3-10(11)8-21-15(14-5-6-26-24-14)7-13(20)16-22-9-12(19)17(25)23-16/h1-7,9H,8,20H2,(H,22,23,25). The van der Waals surface area contributed by atoms with E-state index in [2.05, 4.69) is 19.3 Å². The minimum Gasteiger partial charge on any atom is -0.396 e. The summed E-state index contributed by atoms with van der Waals surface area (Å²) in [6.07, 6.45) is 2.24. The van der Waals surface area contributed by atoms with Gasteiger partial charge in [-0.15, -0.1) is 0 Å². The van der Waals surface area contributed by atoms with E-state index in [0.29, 0.717) is 17.0 Å². The third kappa shape index (κ3) is 4.06. The topological polar surface area (TPSA) is 97.0 Å². The van der Waals surface area contributed by atoms with Gasteiger partial charge in [0.05, 0.1) is 24.2 Å². The second kappa shape index (κ2) is 7.79. The monoisotopic (exact) mass is 373 g/mol. The molecule has 0 aliphatic rings. The molecule has 132 valence electrons. The summed E-state index contributed by atoms with van der Waals surface area (Å²) in [6.45, 7) is 0.0800. The Hall–Kier alpha value is -3.20. The zero-order valence-electron chi connectivity index (χ0n) is 13.3. The molecule has 2 heterocycles. The van der Waals surface area contributed by atoms with Crippen molar-refractivity contribution in [3.63, 3.8) is 0 Å². The maximum Gasteiger partial charge on any atom is 0.287 e. The normalized spacial score (nSPS) is 12.4. The Kier molecular flexibility index (Phi) is 5.28. The van der Waals surface area contributed by atoms with Gasteiger partial charge in [0.15, 0.2) is 5.82 Å². The van der Waals surface area contributed by atoms with Crippen molar-refractivity contribution in [1.82, 2.24) is 14.3 Å². The first-order chi connectivity index (χ1) is 12.5. The van der Waals surface area contributed by atoms with E-state index in [1.807, 2.05) is 0 Å². The molecule has 3 rings (SSSR count). The Morgan fingerprint density at radius 3 is 2.77 bits per heavy atom. The van der Waals surface area contributed by atoms with Gasteiger partial charge in [0.25, 0.3) is 5.56 Å². The quantitative estimate of drug-likeness (QED) is 0.672. The van der Waals surface area contributed by atoms with Crippen molar-refractivity contribution in [3.05, 3.63) is 87.1 Å². The van der Waals surface area contributed by atoms with Crippen LogP contribution in [0.3, 0.4) is 0 Å². The Balaban J connectivity index is 1.96. The minimum atomic E-state index is -1.01. The van der Waals surface area contributed by atoms with E-state index in [0.717, 1.165) is 6.20 Å². The first-order valence-electron chi connectivity index (χ1n) is 7.45.